The Bertz CT molecular complexity index is 115. The van der Waals surface area contributed by atoms with E-state index in [9.17, 15) is 4.79 Å². The van der Waals surface area contributed by atoms with Gasteiger partial charge in [-0.1, -0.05) is 13.8 Å². The number of hydrogen-bond donors (Lipinski definition) is 1. The molecule has 2 nitrogen and oxygen atoms in total. The molecule has 0 radical (unpaired) electrons. The summed E-state index contributed by atoms with van der Waals surface area (Å²) in [4.78, 5) is 10.3. The zero-order chi connectivity index (χ0) is 8.69. The molecule has 0 amide bonds. The van der Waals surface area contributed by atoms with Crippen molar-refractivity contribution in [1.29, 1.82) is 0 Å². The average molecular weight is 176 g/mol. The summed E-state index contributed by atoms with van der Waals surface area (Å²) in [6, 6.07) is 0. The molecule has 0 aliphatic rings. The third-order valence-electron chi connectivity index (χ3n) is 1.42. The number of aliphatic carboxylic acids is 1. The zero-order valence-corrected chi connectivity index (χ0v) is 7.99. The molecule has 0 heterocycles. The number of rotatable bonds is 6. The van der Waals surface area contributed by atoms with E-state index in [0.29, 0.717) is 11.7 Å². The van der Waals surface area contributed by atoms with Gasteiger partial charge in [-0.15, -0.1) is 0 Å². The van der Waals surface area contributed by atoms with Gasteiger partial charge in [0.2, 0.25) is 0 Å². The Morgan fingerprint density at radius 1 is 1.55 bits per heavy atom. The largest absolute Gasteiger partial charge is 0.481 e. The minimum absolute atomic E-state index is 0.307. The predicted molar refractivity (Wildman–Crippen MR) is 49.1 cm³/mol. The molecule has 0 fully saturated rings. The Kier molecular flexibility index (Phi) is 6.42. The fourth-order valence-electron chi connectivity index (χ4n) is 0.800. The van der Waals surface area contributed by atoms with Gasteiger partial charge in [0.15, 0.2) is 0 Å². The van der Waals surface area contributed by atoms with Gasteiger partial charge in [-0.05, 0) is 18.6 Å². The van der Waals surface area contributed by atoms with Crippen LogP contribution in [0.2, 0.25) is 0 Å². The van der Waals surface area contributed by atoms with Crippen molar-refractivity contribution < 1.29 is 9.90 Å². The lowest BCUT2D eigenvalue weighted by Crippen LogP contribution is -2.09. The van der Waals surface area contributed by atoms with Crippen molar-refractivity contribution in [2.24, 2.45) is 0 Å². The van der Waals surface area contributed by atoms with Gasteiger partial charge in [0, 0.05) is 5.25 Å². The lowest BCUT2D eigenvalue weighted by atomic mass is 10.2. The first kappa shape index (κ1) is 10.8. The maximum atomic E-state index is 10.3. The highest BCUT2D eigenvalue weighted by Crippen LogP contribution is 2.18. The second-order valence-electron chi connectivity index (χ2n) is 2.50. The lowest BCUT2D eigenvalue weighted by Gasteiger charge is -2.10. The summed E-state index contributed by atoms with van der Waals surface area (Å²) in [5.74, 6) is 0.395. The highest BCUT2D eigenvalue weighted by atomic mass is 32.2. The van der Waals surface area contributed by atoms with E-state index in [0.717, 1.165) is 18.6 Å². The van der Waals surface area contributed by atoms with Crippen molar-refractivity contribution in [2.45, 2.75) is 38.4 Å². The van der Waals surface area contributed by atoms with Crippen LogP contribution in [-0.2, 0) is 4.79 Å². The van der Waals surface area contributed by atoms with Crippen LogP contribution < -0.4 is 0 Å². The maximum Gasteiger partial charge on any atom is 0.304 e. The summed E-state index contributed by atoms with van der Waals surface area (Å²) < 4.78 is 0. The highest BCUT2D eigenvalue weighted by molar-refractivity contribution is 7.99. The summed E-state index contributed by atoms with van der Waals surface area (Å²) in [6.07, 6.45) is 2.39. The van der Waals surface area contributed by atoms with Crippen LogP contribution in [0.4, 0.5) is 0 Å². The second-order valence-corrected chi connectivity index (χ2v) is 3.91. The first-order valence-electron chi connectivity index (χ1n) is 4.04. The molecule has 0 saturated heterocycles. The lowest BCUT2D eigenvalue weighted by molar-refractivity contribution is -0.136. The molecule has 0 spiro atoms. The van der Waals surface area contributed by atoms with Gasteiger partial charge >= 0.3 is 5.97 Å². The summed E-state index contributed by atoms with van der Waals surface area (Å²) in [6.45, 7) is 4.15. The molecule has 0 aromatic carbocycles. The Morgan fingerprint density at radius 3 is 2.55 bits per heavy atom. The van der Waals surface area contributed by atoms with Gasteiger partial charge in [0.25, 0.3) is 0 Å². The van der Waals surface area contributed by atoms with Crippen LogP contribution in [0.3, 0.4) is 0 Å². The third kappa shape index (κ3) is 6.23. The van der Waals surface area contributed by atoms with Gasteiger partial charge in [-0.2, -0.15) is 11.8 Å². The fourth-order valence-corrected chi connectivity index (χ4v) is 1.87. The van der Waals surface area contributed by atoms with Crippen molar-refractivity contribution in [1.82, 2.24) is 0 Å². The Labute approximate surface area is 72.4 Å². The zero-order valence-electron chi connectivity index (χ0n) is 7.17. The maximum absolute atomic E-state index is 10.3. The molecule has 0 bridgehead atoms. The number of carbonyl (C=O) groups is 1. The van der Waals surface area contributed by atoms with Crippen LogP contribution in [-0.4, -0.2) is 22.1 Å². The van der Waals surface area contributed by atoms with Crippen molar-refractivity contribution in [3.8, 4) is 0 Å². The molecular formula is C8H16O2S. The first-order valence-corrected chi connectivity index (χ1v) is 5.09. The van der Waals surface area contributed by atoms with Crippen LogP contribution in [0.1, 0.15) is 33.1 Å². The minimum Gasteiger partial charge on any atom is -0.481 e. The van der Waals surface area contributed by atoms with Gasteiger partial charge < -0.3 is 5.11 Å². The Hall–Kier alpha value is -0.180. The van der Waals surface area contributed by atoms with E-state index < -0.39 is 5.97 Å². The molecule has 1 unspecified atom stereocenters. The van der Waals surface area contributed by atoms with E-state index in [-0.39, 0.29) is 0 Å². The minimum atomic E-state index is -0.680. The fraction of sp³-hybridized carbons (Fsp3) is 0.875. The van der Waals surface area contributed by atoms with Crippen molar-refractivity contribution in [3.05, 3.63) is 0 Å². The number of thioether (sulfide) groups is 1. The van der Waals surface area contributed by atoms with Crippen molar-refractivity contribution in [2.75, 3.05) is 5.75 Å². The molecule has 0 aromatic rings. The Balaban J connectivity index is 3.49. The van der Waals surface area contributed by atoms with Gasteiger partial charge in [0.1, 0.15) is 0 Å². The smallest absolute Gasteiger partial charge is 0.304 e. The van der Waals surface area contributed by atoms with E-state index >= 15 is 0 Å². The van der Waals surface area contributed by atoms with Crippen LogP contribution >= 0.6 is 11.8 Å². The first-order chi connectivity index (χ1) is 5.20. The quantitative estimate of drug-likeness (QED) is 0.675. The second kappa shape index (κ2) is 6.53. The van der Waals surface area contributed by atoms with E-state index in [1.165, 1.54) is 0 Å². The summed E-state index contributed by atoms with van der Waals surface area (Å²) >= 11 is 1.77. The summed E-state index contributed by atoms with van der Waals surface area (Å²) in [7, 11) is 0. The number of hydrogen-bond acceptors (Lipinski definition) is 2. The van der Waals surface area contributed by atoms with Crippen LogP contribution in [0.5, 0.6) is 0 Å². The van der Waals surface area contributed by atoms with Gasteiger partial charge in [0.05, 0.1) is 6.42 Å². The molecule has 0 aliphatic heterocycles. The summed E-state index contributed by atoms with van der Waals surface area (Å²) in [5, 5.41) is 8.81. The van der Waals surface area contributed by atoms with Crippen LogP contribution in [0.25, 0.3) is 0 Å². The van der Waals surface area contributed by atoms with E-state index in [1.54, 1.807) is 11.8 Å². The van der Waals surface area contributed by atoms with Gasteiger partial charge in [-0.3, -0.25) is 4.79 Å². The average Bonchev–Trinajstić information content (AvgIpc) is 1.97. The molecule has 0 saturated carbocycles. The molecule has 0 rings (SSSR count). The molecular weight excluding hydrogens is 160 g/mol. The molecule has 1 N–H and O–H groups in total. The third-order valence-corrected chi connectivity index (χ3v) is 3.03. The van der Waals surface area contributed by atoms with Crippen molar-refractivity contribution in [3.63, 3.8) is 0 Å². The van der Waals surface area contributed by atoms with E-state index in [2.05, 4.69) is 6.92 Å². The number of carboxylic acids is 1. The molecule has 0 aromatic heterocycles. The standard InChI is InChI=1S/C8H16O2S/c1-3-5-11-7(4-2)6-8(9)10/h7H,3-6H2,1-2H3,(H,9,10). The molecule has 0 aliphatic carbocycles. The topological polar surface area (TPSA) is 37.3 Å². The molecule has 11 heavy (non-hydrogen) atoms. The normalized spacial score (nSPS) is 12.9. The Morgan fingerprint density at radius 2 is 2.18 bits per heavy atom. The predicted octanol–water partition coefficient (Wildman–Crippen LogP) is 2.38. The molecule has 66 valence electrons. The highest BCUT2D eigenvalue weighted by Gasteiger charge is 2.09. The van der Waals surface area contributed by atoms with E-state index in [1.807, 2.05) is 6.92 Å². The molecule has 3 heteroatoms. The van der Waals surface area contributed by atoms with Crippen molar-refractivity contribution >= 4 is 17.7 Å². The van der Waals surface area contributed by atoms with Crippen LogP contribution in [0.15, 0.2) is 0 Å². The van der Waals surface area contributed by atoms with Gasteiger partial charge in [-0.25, -0.2) is 0 Å². The monoisotopic (exact) mass is 176 g/mol. The summed E-state index contributed by atoms with van der Waals surface area (Å²) in [5.41, 5.74) is 0. The number of carboxylic acid groups (broad SMARTS) is 1. The molecule has 1 atom stereocenters. The van der Waals surface area contributed by atoms with E-state index in [4.69, 9.17) is 5.11 Å². The van der Waals surface area contributed by atoms with Crippen LogP contribution in [0, 0.1) is 0 Å². The SMILES string of the molecule is CCCSC(CC)CC(=O)O.